The van der Waals surface area contributed by atoms with E-state index in [1.165, 1.54) is 11.3 Å². The Bertz CT molecular complexity index is 1140. The number of carboxylic acid groups (broad SMARTS) is 1. The summed E-state index contributed by atoms with van der Waals surface area (Å²) in [7, 11) is 0. The van der Waals surface area contributed by atoms with Crippen LogP contribution in [0.15, 0.2) is 60.2 Å². The number of carbonyl (C=O) groups is 3. The molecule has 0 saturated carbocycles. The molecule has 0 spiro atoms. The van der Waals surface area contributed by atoms with Gasteiger partial charge in [0.2, 0.25) is 5.91 Å². The van der Waals surface area contributed by atoms with Crippen molar-refractivity contribution in [1.82, 2.24) is 15.6 Å². The van der Waals surface area contributed by atoms with Gasteiger partial charge in [-0.1, -0.05) is 55.5 Å². The fourth-order valence-corrected chi connectivity index (χ4v) is 4.79. The molecule has 3 N–H and O–H groups in total. The molecule has 0 bridgehead atoms. The van der Waals surface area contributed by atoms with E-state index in [1.807, 2.05) is 36.4 Å². The number of carboxylic acids is 1. The van der Waals surface area contributed by atoms with Crippen molar-refractivity contribution in [2.24, 2.45) is 0 Å². The average Bonchev–Trinajstić information content (AvgIpc) is 3.46. The molecule has 0 radical (unpaired) electrons. The van der Waals surface area contributed by atoms with E-state index >= 15 is 0 Å². The summed E-state index contributed by atoms with van der Waals surface area (Å²) in [6.45, 7) is 1.78. The summed E-state index contributed by atoms with van der Waals surface area (Å²) in [5.74, 6) is -1.83. The first-order valence-electron chi connectivity index (χ1n) is 11.0. The molecule has 4 rings (SSSR count). The van der Waals surface area contributed by atoms with Crippen molar-refractivity contribution < 1.29 is 24.2 Å². The summed E-state index contributed by atoms with van der Waals surface area (Å²) in [4.78, 5) is 41.6. The van der Waals surface area contributed by atoms with Crippen LogP contribution in [0.25, 0.3) is 11.1 Å². The molecule has 2 amide bonds. The number of aromatic nitrogens is 1. The number of carbonyl (C=O) groups excluding carboxylic acids is 2. The average molecular weight is 480 g/mol. The van der Waals surface area contributed by atoms with E-state index in [0.29, 0.717) is 0 Å². The lowest BCUT2D eigenvalue weighted by atomic mass is 9.98. The fourth-order valence-electron chi connectivity index (χ4n) is 4.15. The van der Waals surface area contributed by atoms with Crippen molar-refractivity contribution in [1.29, 1.82) is 0 Å². The maximum absolute atomic E-state index is 12.8. The molecule has 1 aliphatic carbocycles. The maximum Gasteiger partial charge on any atom is 0.407 e. The SMILES string of the molecule is CC[C@@H](NC(=O)C(Cc1cncs1)NC(=O)OCC1c2ccccc2-c2ccccc21)C(=O)O. The lowest BCUT2D eigenvalue weighted by Gasteiger charge is -2.21. The molecule has 0 aliphatic heterocycles. The highest BCUT2D eigenvalue weighted by molar-refractivity contribution is 7.09. The van der Waals surface area contributed by atoms with Gasteiger partial charge in [0.25, 0.3) is 0 Å². The lowest BCUT2D eigenvalue weighted by molar-refractivity contribution is -0.142. The van der Waals surface area contributed by atoms with Gasteiger partial charge >= 0.3 is 12.1 Å². The molecule has 3 aromatic rings. The van der Waals surface area contributed by atoms with Crippen LogP contribution >= 0.6 is 11.3 Å². The molecule has 2 atom stereocenters. The van der Waals surface area contributed by atoms with Crippen molar-refractivity contribution >= 4 is 29.3 Å². The van der Waals surface area contributed by atoms with Crippen LogP contribution in [0.1, 0.15) is 35.3 Å². The van der Waals surface area contributed by atoms with E-state index in [9.17, 15) is 19.5 Å². The molecule has 9 heteroatoms. The summed E-state index contributed by atoms with van der Waals surface area (Å²) >= 11 is 1.35. The monoisotopic (exact) mass is 479 g/mol. The fraction of sp³-hybridized carbons (Fsp3) is 0.280. The highest BCUT2D eigenvalue weighted by Crippen LogP contribution is 2.44. The number of ether oxygens (including phenoxy) is 1. The van der Waals surface area contributed by atoms with Gasteiger partial charge in [-0.05, 0) is 28.7 Å². The molecular weight excluding hydrogens is 454 g/mol. The number of rotatable bonds is 9. The summed E-state index contributed by atoms with van der Waals surface area (Å²) in [5, 5.41) is 14.4. The zero-order valence-corrected chi connectivity index (χ0v) is 19.4. The molecule has 1 heterocycles. The number of alkyl carbamates (subject to hydrolysis) is 1. The highest BCUT2D eigenvalue weighted by atomic mass is 32.1. The van der Waals surface area contributed by atoms with Crippen LogP contribution in [0.3, 0.4) is 0 Å². The Morgan fingerprint density at radius 2 is 1.68 bits per heavy atom. The largest absolute Gasteiger partial charge is 0.480 e. The molecule has 1 unspecified atom stereocenters. The molecule has 2 aromatic carbocycles. The molecule has 1 aliphatic rings. The third-order valence-electron chi connectivity index (χ3n) is 5.86. The van der Waals surface area contributed by atoms with E-state index in [1.54, 1.807) is 18.6 Å². The topological polar surface area (TPSA) is 118 Å². The predicted octanol–water partition coefficient (Wildman–Crippen LogP) is 3.57. The molecule has 0 saturated heterocycles. The standard InChI is InChI=1S/C25H25N3O5S/c1-2-21(24(30)31)27-23(29)22(11-15-12-26-14-34-15)28-25(32)33-13-20-18-9-5-3-7-16(18)17-8-4-6-10-19(17)20/h3-10,12,14,20-22H,2,11,13H2,1H3,(H,27,29)(H,28,32)(H,30,31)/t21-,22?/m1/s1. The van der Waals surface area contributed by atoms with Crippen LogP contribution in [0.4, 0.5) is 4.79 Å². The number of benzene rings is 2. The number of thiazole rings is 1. The first kappa shape index (κ1) is 23.4. The van der Waals surface area contributed by atoms with Crippen LogP contribution in [0, 0.1) is 0 Å². The van der Waals surface area contributed by atoms with Crippen LogP contribution < -0.4 is 10.6 Å². The first-order valence-corrected chi connectivity index (χ1v) is 11.9. The smallest absolute Gasteiger partial charge is 0.407 e. The quantitative estimate of drug-likeness (QED) is 0.432. The summed E-state index contributed by atoms with van der Waals surface area (Å²) in [6.07, 6.45) is 1.27. The molecule has 176 valence electrons. The van der Waals surface area contributed by atoms with Gasteiger partial charge in [-0.2, -0.15) is 0 Å². The van der Waals surface area contributed by atoms with Gasteiger partial charge in [0.15, 0.2) is 0 Å². The van der Waals surface area contributed by atoms with Gasteiger partial charge in [-0.3, -0.25) is 9.78 Å². The van der Waals surface area contributed by atoms with Gasteiger partial charge in [-0.25, -0.2) is 9.59 Å². The lowest BCUT2D eigenvalue weighted by Crippen LogP contribution is -2.52. The molecule has 1 aromatic heterocycles. The van der Waals surface area contributed by atoms with E-state index in [-0.39, 0.29) is 25.4 Å². The van der Waals surface area contributed by atoms with Gasteiger partial charge in [0, 0.05) is 23.4 Å². The van der Waals surface area contributed by atoms with E-state index in [2.05, 4.69) is 27.8 Å². The molecule has 34 heavy (non-hydrogen) atoms. The van der Waals surface area contributed by atoms with Crippen molar-refractivity contribution in [3.63, 3.8) is 0 Å². The van der Waals surface area contributed by atoms with Crippen LogP contribution in [-0.4, -0.2) is 46.8 Å². The van der Waals surface area contributed by atoms with Crippen molar-refractivity contribution in [3.05, 3.63) is 76.2 Å². The van der Waals surface area contributed by atoms with E-state index < -0.39 is 30.1 Å². The second-order valence-electron chi connectivity index (χ2n) is 8.00. The maximum atomic E-state index is 12.8. The number of hydrogen-bond acceptors (Lipinski definition) is 6. The van der Waals surface area contributed by atoms with Gasteiger partial charge in [0.1, 0.15) is 18.7 Å². The summed E-state index contributed by atoms with van der Waals surface area (Å²) < 4.78 is 5.56. The minimum atomic E-state index is -1.13. The Morgan fingerprint density at radius 3 is 2.24 bits per heavy atom. The van der Waals surface area contributed by atoms with E-state index in [0.717, 1.165) is 27.1 Å². The van der Waals surface area contributed by atoms with Gasteiger partial charge < -0.3 is 20.5 Å². The zero-order valence-electron chi connectivity index (χ0n) is 18.6. The van der Waals surface area contributed by atoms with E-state index in [4.69, 9.17) is 4.74 Å². The van der Waals surface area contributed by atoms with Crippen LogP contribution in [-0.2, 0) is 20.7 Å². The van der Waals surface area contributed by atoms with Crippen molar-refractivity contribution in [3.8, 4) is 11.1 Å². The number of aliphatic carboxylic acids is 1. The van der Waals surface area contributed by atoms with Crippen LogP contribution in [0.5, 0.6) is 0 Å². The molecular formula is C25H25N3O5S. The minimum absolute atomic E-state index is 0.108. The summed E-state index contributed by atoms with van der Waals surface area (Å²) in [6, 6.07) is 14.0. The number of fused-ring (bicyclic) bond motifs is 3. The first-order chi connectivity index (χ1) is 16.5. The van der Waals surface area contributed by atoms with Gasteiger partial charge in [0.05, 0.1) is 5.51 Å². The van der Waals surface area contributed by atoms with Crippen molar-refractivity contribution in [2.75, 3.05) is 6.61 Å². The minimum Gasteiger partial charge on any atom is -0.480 e. The van der Waals surface area contributed by atoms with Crippen LogP contribution in [0.2, 0.25) is 0 Å². The number of amides is 2. The molecule has 0 fully saturated rings. The summed E-state index contributed by atoms with van der Waals surface area (Å²) in [5.41, 5.74) is 6.04. The second kappa shape index (κ2) is 10.5. The Labute approximate surface area is 201 Å². The van der Waals surface area contributed by atoms with Crippen molar-refractivity contribution in [2.45, 2.75) is 37.8 Å². The Morgan fingerprint density at radius 1 is 1.03 bits per heavy atom. The van der Waals surface area contributed by atoms with Gasteiger partial charge in [-0.15, -0.1) is 11.3 Å². The highest BCUT2D eigenvalue weighted by Gasteiger charge is 2.30. The Balaban J connectivity index is 1.45. The third-order valence-corrected chi connectivity index (χ3v) is 6.67. The Hall–Kier alpha value is -3.72. The molecule has 8 nitrogen and oxygen atoms in total. The number of nitrogens with one attached hydrogen (secondary N) is 2. The Kier molecular flexibility index (Phi) is 7.22. The zero-order chi connectivity index (χ0) is 24.1. The predicted molar refractivity (Wildman–Crippen MR) is 128 cm³/mol. The normalized spacial score (nSPS) is 13.9. The number of hydrogen-bond donors (Lipinski definition) is 3. The second-order valence-corrected chi connectivity index (χ2v) is 8.97. The number of nitrogens with zero attached hydrogens (tertiary/aromatic N) is 1. The third kappa shape index (κ3) is 5.09.